The Morgan fingerprint density at radius 3 is 1.00 bits per heavy atom. The first kappa shape index (κ1) is 38.1. The molecule has 0 fully saturated rings. The number of carbonyl (C=O) groups is 4. The van der Waals surface area contributed by atoms with Gasteiger partial charge >= 0.3 is 46.0 Å². The second kappa shape index (κ2) is 21.2. The molecule has 0 radical (unpaired) electrons. The van der Waals surface area contributed by atoms with E-state index in [2.05, 4.69) is 9.47 Å². The number of ether oxygens (including phenoxy) is 2. The van der Waals surface area contributed by atoms with Crippen LogP contribution in [0.2, 0.25) is 0 Å². The smallest absolute Gasteiger partial charge is 0.857 e. The van der Waals surface area contributed by atoms with Crippen LogP contribution < -0.4 is 10.2 Å². The van der Waals surface area contributed by atoms with E-state index in [4.69, 9.17) is 10.2 Å². The van der Waals surface area contributed by atoms with Crippen molar-refractivity contribution >= 4 is 23.5 Å². The number of ketones is 2. The fourth-order valence-electron chi connectivity index (χ4n) is 0.887. The van der Waals surface area contributed by atoms with E-state index in [1.165, 1.54) is 13.8 Å². The third kappa shape index (κ3) is 26.5. The van der Waals surface area contributed by atoms with Crippen molar-refractivity contribution in [2.45, 2.75) is 39.0 Å². The van der Waals surface area contributed by atoms with E-state index >= 15 is 0 Å². The van der Waals surface area contributed by atoms with Crippen molar-refractivity contribution in [1.82, 2.24) is 0 Å². The summed E-state index contributed by atoms with van der Waals surface area (Å²) in [6.07, 6.45) is -12.4. The average molecular weight is 478 g/mol. The molecule has 8 nitrogen and oxygen atoms in total. The molecule has 0 aliphatic carbocycles. The molecule has 0 aliphatic heterocycles. The molecule has 0 heterocycles. The van der Waals surface area contributed by atoms with Crippen molar-refractivity contribution in [2.24, 2.45) is 0 Å². The van der Waals surface area contributed by atoms with Crippen LogP contribution in [-0.4, -0.2) is 63.3 Å². The van der Waals surface area contributed by atoms with E-state index in [9.17, 15) is 45.5 Å². The third-order valence-electron chi connectivity index (χ3n) is 1.85. The van der Waals surface area contributed by atoms with Crippen molar-refractivity contribution in [3.8, 4) is 0 Å². The zero-order chi connectivity index (χ0) is 23.6. The van der Waals surface area contributed by atoms with Gasteiger partial charge in [0.2, 0.25) is 11.6 Å². The molecule has 0 aromatic carbocycles. The van der Waals surface area contributed by atoms with Gasteiger partial charge in [0.1, 0.15) is 12.8 Å². The Kier molecular flexibility index (Phi) is 27.9. The molecule has 15 heteroatoms. The Labute approximate surface area is 177 Å². The topological polar surface area (TPSA) is 133 Å². The van der Waals surface area contributed by atoms with Crippen LogP contribution in [0.4, 0.5) is 26.3 Å². The van der Waals surface area contributed by atoms with E-state index in [1.54, 1.807) is 0 Å². The molecule has 0 spiro atoms. The zero-order valence-corrected chi connectivity index (χ0v) is 17.4. The van der Waals surface area contributed by atoms with E-state index in [1.807, 2.05) is 0 Å². The third-order valence-corrected chi connectivity index (χ3v) is 1.85. The molecule has 0 saturated carbocycles. The standard InChI is InChI=1S/2C6H7F3O3.2CH3O.Ti/c2*1-2-12-5(11)3-4(10)6(7,8)9;2*1-2;/h2*2-3H2,1H3;2*1H3;/q;;2*-1;+2. The van der Waals surface area contributed by atoms with Gasteiger partial charge in [0.25, 0.3) is 0 Å². The number of alkyl halides is 6. The zero-order valence-electron chi connectivity index (χ0n) is 15.9. The van der Waals surface area contributed by atoms with Gasteiger partial charge in [-0.3, -0.25) is 19.2 Å². The van der Waals surface area contributed by atoms with Crippen LogP contribution in [0.5, 0.6) is 0 Å². The van der Waals surface area contributed by atoms with Crippen molar-refractivity contribution in [3.05, 3.63) is 0 Å². The fraction of sp³-hybridized carbons (Fsp3) is 0.714. The van der Waals surface area contributed by atoms with Crippen LogP contribution in [0.1, 0.15) is 26.7 Å². The van der Waals surface area contributed by atoms with E-state index in [0.29, 0.717) is 0 Å². The summed E-state index contributed by atoms with van der Waals surface area (Å²) in [5.41, 5.74) is 0. The molecule has 0 unspecified atom stereocenters. The Balaban J connectivity index is -0.000000109. The van der Waals surface area contributed by atoms with Crippen molar-refractivity contribution in [1.29, 1.82) is 0 Å². The number of carbonyl (C=O) groups excluding carboxylic acids is 4. The van der Waals surface area contributed by atoms with Crippen molar-refractivity contribution < 1.29 is 86.9 Å². The first-order chi connectivity index (χ1) is 12.8. The first-order valence-electron chi connectivity index (χ1n) is 7.08. The van der Waals surface area contributed by atoms with Crippen molar-refractivity contribution in [3.63, 3.8) is 0 Å². The monoisotopic (exact) mass is 478 g/mol. The van der Waals surface area contributed by atoms with Gasteiger partial charge in [-0.2, -0.15) is 40.6 Å². The minimum absolute atomic E-state index is 0. The van der Waals surface area contributed by atoms with E-state index < -0.39 is 48.7 Å². The Morgan fingerprint density at radius 1 is 0.655 bits per heavy atom. The summed E-state index contributed by atoms with van der Waals surface area (Å²) in [6, 6.07) is 0. The minimum Gasteiger partial charge on any atom is -0.857 e. The number of hydrogen-bond acceptors (Lipinski definition) is 8. The predicted molar refractivity (Wildman–Crippen MR) is 76.5 cm³/mol. The molecule has 0 atom stereocenters. The molecule has 29 heavy (non-hydrogen) atoms. The molecule has 170 valence electrons. The number of Topliss-reactive ketones (excluding diaryl/α,β-unsaturated/α-hetero) is 2. The minimum atomic E-state index is -4.95. The summed E-state index contributed by atoms with van der Waals surface area (Å²) in [5, 5.41) is 16.5. The maximum Gasteiger partial charge on any atom is 2.00 e. The Morgan fingerprint density at radius 2 is 0.862 bits per heavy atom. The molecule has 0 saturated heterocycles. The van der Waals surface area contributed by atoms with E-state index in [0.717, 1.165) is 14.2 Å². The summed E-state index contributed by atoms with van der Waals surface area (Å²) in [4.78, 5) is 41.0. The number of rotatable bonds is 6. The van der Waals surface area contributed by atoms with Crippen LogP contribution in [0.15, 0.2) is 0 Å². The summed E-state index contributed by atoms with van der Waals surface area (Å²) in [7, 11) is 1.50. The number of halogens is 6. The van der Waals surface area contributed by atoms with Crippen molar-refractivity contribution in [2.75, 3.05) is 27.4 Å². The van der Waals surface area contributed by atoms with Crippen LogP contribution >= 0.6 is 0 Å². The van der Waals surface area contributed by atoms with E-state index in [-0.39, 0.29) is 34.9 Å². The molecule has 0 amide bonds. The molecule has 0 N–H and O–H groups in total. The average Bonchev–Trinajstić information content (AvgIpc) is 2.57. The molecular weight excluding hydrogens is 458 g/mol. The fourth-order valence-corrected chi connectivity index (χ4v) is 0.887. The largest absolute Gasteiger partial charge is 2.00 e. The normalized spacial score (nSPS) is 9.52. The predicted octanol–water partition coefficient (Wildman–Crippen LogP) is 0.0925. The van der Waals surface area contributed by atoms with Crippen LogP contribution in [0.3, 0.4) is 0 Å². The van der Waals surface area contributed by atoms with Gasteiger partial charge in [-0.1, -0.05) is 0 Å². The van der Waals surface area contributed by atoms with Gasteiger partial charge in [0.05, 0.1) is 13.2 Å². The van der Waals surface area contributed by atoms with Gasteiger partial charge < -0.3 is 19.7 Å². The second-order valence-corrected chi connectivity index (χ2v) is 3.81. The number of esters is 2. The van der Waals surface area contributed by atoms with Crippen LogP contribution in [0, 0.1) is 0 Å². The van der Waals surface area contributed by atoms with Gasteiger partial charge in [-0.15, -0.1) is 0 Å². The summed E-state index contributed by atoms with van der Waals surface area (Å²) in [6.45, 7) is 2.81. The van der Waals surface area contributed by atoms with Gasteiger partial charge in [-0.05, 0) is 13.8 Å². The molecule has 0 aliphatic rings. The summed E-state index contributed by atoms with van der Waals surface area (Å²) in [5.74, 6) is -6.47. The molecule has 0 rings (SSSR count). The first-order valence-corrected chi connectivity index (χ1v) is 7.08. The van der Waals surface area contributed by atoms with Gasteiger partial charge in [0.15, 0.2) is 0 Å². The Hall–Kier alpha value is -1.51. The summed E-state index contributed by atoms with van der Waals surface area (Å²) >= 11 is 0. The number of hydrogen-bond donors (Lipinski definition) is 0. The van der Waals surface area contributed by atoms with Gasteiger partial charge in [0, 0.05) is 0 Å². The SMILES string of the molecule is CCOC(=O)CC(=O)C(F)(F)F.CCOC(=O)CC(=O)C(F)(F)F.C[O-].C[O-].[Ti+2]. The van der Waals surface area contributed by atoms with Crippen LogP contribution in [0.25, 0.3) is 0 Å². The van der Waals surface area contributed by atoms with Gasteiger partial charge in [-0.25, -0.2) is 0 Å². The van der Waals surface area contributed by atoms with Crippen LogP contribution in [-0.2, 0) is 50.4 Å². The second-order valence-electron chi connectivity index (χ2n) is 3.81. The maximum atomic E-state index is 11.5. The molecule has 0 aromatic rings. The quantitative estimate of drug-likeness (QED) is 0.227. The Bertz CT molecular complexity index is 424. The molecule has 0 bridgehead atoms. The molecule has 0 aromatic heterocycles. The maximum absolute atomic E-state index is 11.5. The summed E-state index contributed by atoms with van der Waals surface area (Å²) < 4.78 is 77.3. The molecular formula is C14H20F6O8Ti.